The molecule has 0 bridgehead atoms. The van der Waals surface area contributed by atoms with Crippen LogP contribution in [0.1, 0.15) is 16.5 Å². The summed E-state index contributed by atoms with van der Waals surface area (Å²) in [5, 5.41) is 12.7. The second-order valence-corrected chi connectivity index (χ2v) is 4.43. The molecule has 0 saturated carbocycles. The topological polar surface area (TPSA) is 69.2 Å². The lowest BCUT2D eigenvalue weighted by atomic mass is 10.0. The van der Waals surface area contributed by atoms with Crippen molar-refractivity contribution in [3.63, 3.8) is 0 Å². The third kappa shape index (κ3) is 2.32. The lowest BCUT2D eigenvalue weighted by molar-refractivity contribution is -0.385. The third-order valence-electron chi connectivity index (χ3n) is 2.37. The van der Waals surface area contributed by atoms with Crippen molar-refractivity contribution in [3.8, 4) is 0 Å². The average Bonchev–Trinajstić information content (AvgIpc) is 2.81. The maximum Gasteiger partial charge on any atom is 0.277 e. The van der Waals surface area contributed by atoms with Gasteiger partial charge in [-0.15, -0.1) is 11.3 Å². The van der Waals surface area contributed by atoms with Crippen molar-refractivity contribution in [2.75, 3.05) is 0 Å². The van der Waals surface area contributed by atoms with Crippen LogP contribution >= 0.6 is 11.3 Å². The monoisotopic (exact) mass is 252 g/mol. The molecule has 0 spiro atoms. The summed E-state index contributed by atoms with van der Waals surface area (Å²) in [5.74, 6) is -0.640. The Morgan fingerprint density at radius 1 is 1.41 bits per heavy atom. The van der Waals surface area contributed by atoms with Crippen LogP contribution in [0.4, 0.5) is 10.1 Å². The van der Waals surface area contributed by atoms with Crippen LogP contribution in [0.25, 0.3) is 0 Å². The van der Waals surface area contributed by atoms with E-state index < -0.39 is 16.8 Å². The second kappa shape index (κ2) is 4.60. The number of hydrogen-bond donors (Lipinski definition) is 1. The summed E-state index contributed by atoms with van der Waals surface area (Å²) in [7, 11) is 0. The SMILES string of the molecule is N[C@@H](c1cccs1)c1ccc(F)cc1[N+](=O)[O-]. The van der Waals surface area contributed by atoms with E-state index in [9.17, 15) is 14.5 Å². The third-order valence-corrected chi connectivity index (χ3v) is 3.33. The molecule has 0 aliphatic rings. The van der Waals surface area contributed by atoms with Gasteiger partial charge in [-0.05, 0) is 23.6 Å². The second-order valence-electron chi connectivity index (χ2n) is 3.45. The number of nitrogens with two attached hydrogens (primary N) is 1. The van der Waals surface area contributed by atoms with Gasteiger partial charge in [0, 0.05) is 4.88 Å². The highest BCUT2D eigenvalue weighted by atomic mass is 32.1. The summed E-state index contributed by atoms with van der Waals surface area (Å²) >= 11 is 1.41. The number of benzene rings is 1. The van der Waals surface area contributed by atoms with Crippen molar-refractivity contribution in [1.29, 1.82) is 0 Å². The van der Waals surface area contributed by atoms with E-state index in [0.29, 0.717) is 5.56 Å². The Morgan fingerprint density at radius 2 is 2.18 bits per heavy atom. The van der Waals surface area contributed by atoms with E-state index in [1.54, 1.807) is 6.07 Å². The Kier molecular flexibility index (Phi) is 3.16. The molecule has 0 amide bonds. The molecule has 1 heterocycles. The Morgan fingerprint density at radius 3 is 2.76 bits per heavy atom. The number of hydrogen-bond acceptors (Lipinski definition) is 4. The lowest BCUT2D eigenvalue weighted by Crippen LogP contribution is -2.12. The molecular formula is C11H9FN2O2S. The first-order valence-electron chi connectivity index (χ1n) is 4.82. The molecule has 0 saturated heterocycles. The van der Waals surface area contributed by atoms with Gasteiger partial charge in [-0.3, -0.25) is 10.1 Å². The van der Waals surface area contributed by atoms with E-state index in [1.165, 1.54) is 23.5 Å². The van der Waals surface area contributed by atoms with Crippen LogP contribution in [-0.4, -0.2) is 4.92 Å². The Hall–Kier alpha value is -1.79. The van der Waals surface area contributed by atoms with Crippen LogP contribution in [-0.2, 0) is 0 Å². The fraction of sp³-hybridized carbons (Fsp3) is 0.0909. The molecule has 1 aromatic heterocycles. The van der Waals surface area contributed by atoms with E-state index in [2.05, 4.69) is 0 Å². The van der Waals surface area contributed by atoms with E-state index in [1.807, 2.05) is 11.4 Å². The van der Waals surface area contributed by atoms with Crippen molar-refractivity contribution in [3.05, 3.63) is 62.1 Å². The summed E-state index contributed by atoms with van der Waals surface area (Å²) in [5.41, 5.74) is 5.97. The molecule has 1 aromatic carbocycles. The average molecular weight is 252 g/mol. The summed E-state index contributed by atoms with van der Waals surface area (Å²) < 4.78 is 13.0. The van der Waals surface area contributed by atoms with Crippen LogP contribution in [0.5, 0.6) is 0 Å². The van der Waals surface area contributed by atoms with Gasteiger partial charge in [-0.1, -0.05) is 6.07 Å². The molecule has 17 heavy (non-hydrogen) atoms. The molecule has 2 rings (SSSR count). The first-order valence-corrected chi connectivity index (χ1v) is 5.70. The van der Waals surface area contributed by atoms with Crippen molar-refractivity contribution in [2.24, 2.45) is 5.73 Å². The highest BCUT2D eigenvalue weighted by molar-refractivity contribution is 7.10. The maximum absolute atomic E-state index is 13.0. The van der Waals surface area contributed by atoms with Gasteiger partial charge >= 0.3 is 0 Å². The zero-order valence-electron chi connectivity index (χ0n) is 8.67. The standard InChI is InChI=1S/C11H9FN2O2S/c12-7-3-4-8(9(6-7)14(15)16)11(13)10-2-1-5-17-10/h1-6,11H,13H2/t11-/m1/s1. The van der Waals surface area contributed by atoms with Gasteiger partial charge in [0.2, 0.25) is 0 Å². The van der Waals surface area contributed by atoms with Gasteiger partial charge in [0.25, 0.3) is 5.69 Å². The van der Waals surface area contributed by atoms with Gasteiger partial charge in [0.15, 0.2) is 0 Å². The highest BCUT2D eigenvalue weighted by Gasteiger charge is 2.21. The molecule has 0 unspecified atom stereocenters. The van der Waals surface area contributed by atoms with Crippen molar-refractivity contribution in [2.45, 2.75) is 6.04 Å². The molecule has 4 nitrogen and oxygen atoms in total. The molecule has 88 valence electrons. The number of rotatable bonds is 3. The summed E-state index contributed by atoms with van der Waals surface area (Å²) in [4.78, 5) is 11.0. The van der Waals surface area contributed by atoms with Crippen LogP contribution in [0.2, 0.25) is 0 Å². The lowest BCUT2D eigenvalue weighted by Gasteiger charge is -2.10. The van der Waals surface area contributed by atoms with E-state index in [0.717, 1.165) is 10.9 Å². The zero-order chi connectivity index (χ0) is 12.4. The normalized spacial score (nSPS) is 12.4. The molecular weight excluding hydrogens is 243 g/mol. The Balaban J connectivity index is 2.48. The van der Waals surface area contributed by atoms with Crippen LogP contribution in [0, 0.1) is 15.9 Å². The molecule has 2 aromatic rings. The number of nitro groups is 1. The predicted molar refractivity (Wildman–Crippen MR) is 63.4 cm³/mol. The molecule has 2 N–H and O–H groups in total. The van der Waals surface area contributed by atoms with Crippen LogP contribution in [0.15, 0.2) is 35.7 Å². The molecule has 0 aliphatic carbocycles. The van der Waals surface area contributed by atoms with Crippen molar-refractivity contribution >= 4 is 17.0 Å². The minimum atomic E-state index is -0.640. The van der Waals surface area contributed by atoms with Crippen LogP contribution < -0.4 is 5.73 Å². The highest BCUT2D eigenvalue weighted by Crippen LogP contribution is 2.30. The molecule has 0 fully saturated rings. The maximum atomic E-state index is 13.0. The Labute approximate surface area is 101 Å². The fourth-order valence-corrected chi connectivity index (χ4v) is 2.30. The number of thiophene rings is 1. The van der Waals surface area contributed by atoms with Gasteiger partial charge in [-0.2, -0.15) is 0 Å². The minimum absolute atomic E-state index is 0.286. The predicted octanol–water partition coefficient (Wildman–Crippen LogP) is 2.84. The molecule has 1 atom stereocenters. The fourth-order valence-electron chi connectivity index (χ4n) is 1.56. The Bertz CT molecular complexity index is 542. The number of nitro benzene ring substituents is 1. The number of halogens is 1. The molecule has 0 aliphatic heterocycles. The van der Waals surface area contributed by atoms with Gasteiger partial charge in [0.1, 0.15) is 5.82 Å². The first kappa shape index (κ1) is 11.7. The summed E-state index contributed by atoms with van der Waals surface area (Å²) in [6.07, 6.45) is 0. The van der Waals surface area contributed by atoms with E-state index in [-0.39, 0.29) is 5.69 Å². The van der Waals surface area contributed by atoms with Crippen molar-refractivity contribution in [1.82, 2.24) is 0 Å². The van der Waals surface area contributed by atoms with Crippen LogP contribution in [0.3, 0.4) is 0 Å². The molecule has 0 radical (unpaired) electrons. The summed E-state index contributed by atoms with van der Waals surface area (Å²) in [6.45, 7) is 0. The van der Waals surface area contributed by atoms with Gasteiger partial charge < -0.3 is 5.73 Å². The zero-order valence-corrected chi connectivity index (χ0v) is 9.49. The van der Waals surface area contributed by atoms with E-state index >= 15 is 0 Å². The molecule has 6 heteroatoms. The number of nitrogens with zero attached hydrogens (tertiary/aromatic N) is 1. The quantitative estimate of drug-likeness (QED) is 0.674. The summed E-state index contributed by atoms with van der Waals surface area (Å²) in [6, 6.07) is 6.43. The minimum Gasteiger partial charge on any atom is -0.319 e. The van der Waals surface area contributed by atoms with Gasteiger partial charge in [-0.25, -0.2) is 4.39 Å². The van der Waals surface area contributed by atoms with Crippen molar-refractivity contribution < 1.29 is 9.31 Å². The first-order chi connectivity index (χ1) is 8.09. The largest absolute Gasteiger partial charge is 0.319 e. The van der Waals surface area contributed by atoms with Gasteiger partial charge in [0.05, 0.1) is 22.6 Å². The smallest absolute Gasteiger partial charge is 0.277 e. The van der Waals surface area contributed by atoms with E-state index in [4.69, 9.17) is 5.73 Å².